The minimum absolute atomic E-state index is 0.0186. The Morgan fingerprint density at radius 3 is 2.25 bits per heavy atom. The summed E-state index contributed by atoms with van der Waals surface area (Å²) in [5.74, 6) is 0.768. The highest BCUT2D eigenvalue weighted by atomic mass is 32.2. The monoisotopic (exact) mass is 303 g/mol. The van der Waals surface area contributed by atoms with Crippen LogP contribution in [0.15, 0.2) is 23.1 Å². The number of methoxy groups -OCH3 is 2. The number of aliphatic hydroxyl groups is 1. The molecule has 0 amide bonds. The topological polar surface area (TPSA) is 84.9 Å². The molecule has 0 aromatic heterocycles. The van der Waals surface area contributed by atoms with E-state index in [2.05, 4.69) is 4.72 Å². The third-order valence-corrected chi connectivity index (χ3v) is 4.46. The van der Waals surface area contributed by atoms with Crippen LogP contribution in [0, 0.1) is 5.92 Å². The Morgan fingerprint density at radius 2 is 1.80 bits per heavy atom. The van der Waals surface area contributed by atoms with Gasteiger partial charge in [-0.1, -0.05) is 13.8 Å². The number of sulfonamides is 1. The van der Waals surface area contributed by atoms with E-state index in [0.29, 0.717) is 11.5 Å². The first-order valence-electron chi connectivity index (χ1n) is 6.21. The summed E-state index contributed by atoms with van der Waals surface area (Å²) in [5.41, 5.74) is 0. The van der Waals surface area contributed by atoms with Crippen LogP contribution in [-0.4, -0.2) is 40.4 Å². The van der Waals surface area contributed by atoms with E-state index in [1.54, 1.807) is 0 Å². The Bertz CT molecular complexity index is 542. The highest BCUT2D eigenvalue weighted by Gasteiger charge is 2.23. The van der Waals surface area contributed by atoms with Crippen molar-refractivity contribution in [3.8, 4) is 11.5 Å². The number of aliphatic hydroxyl groups excluding tert-OH is 1. The summed E-state index contributed by atoms with van der Waals surface area (Å²) < 4.78 is 37.1. The van der Waals surface area contributed by atoms with Gasteiger partial charge in [-0.2, -0.15) is 0 Å². The molecule has 0 spiro atoms. The second-order valence-corrected chi connectivity index (χ2v) is 6.39. The molecule has 114 valence electrons. The van der Waals surface area contributed by atoms with Gasteiger partial charge >= 0.3 is 0 Å². The lowest BCUT2D eigenvalue weighted by molar-refractivity contribution is 0.227. The van der Waals surface area contributed by atoms with Gasteiger partial charge in [0.05, 0.1) is 25.7 Å². The van der Waals surface area contributed by atoms with Crippen LogP contribution in [0.2, 0.25) is 0 Å². The Labute approximate surface area is 119 Å². The molecule has 0 aliphatic heterocycles. The van der Waals surface area contributed by atoms with Crippen molar-refractivity contribution in [2.45, 2.75) is 24.8 Å². The number of nitrogens with one attached hydrogen (secondary N) is 1. The van der Waals surface area contributed by atoms with E-state index in [1.165, 1.54) is 32.4 Å². The maximum absolute atomic E-state index is 12.3. The van der Waals surface area contributed by atoms with Gasteiger partial charge in [0.1, 0.15) is 0 Å². The molecule has 0 aliphatic rings. The number of hydrogen-bond acceptors (Lipinski definition) is 5. The second kappa shape index (κ2) is 6.92. The van der Waals surface area contributed by atoms with Crippen LogP contribution in [0.1, 0.15) is 13.8 Å². The number of hydrogen-bond donors (Lipinski definition) is 2. The first-order valence-corrected chi connectivity index (χ1v) is 7.69. The van der Waals surface area contributed by atoms with E-state index in [9.17, 15) is 13.5 Å². The zero-order valence-corrected chi connectivity index (χ0v) is 12.9. The summed E-state index contributed by atoms with van der Waals surface area (Å²) in [6.07, 6.45) is 0. The lowest BCUT2D eigenvalue weighted by atomic mass is 10.1. The van der Waals surface area contributed by atoms with Gasteiger partial charge in [0.25, 0.3) is 0 Å². The standard InChI is InChI=1S/C13H21NO5S/c1-9(2)11(8-15)14-20(16,17)10-5-6-12(18-3)13(7-10)19-4/h5-7,9,11,14-15H,8H2,1-4H3. The fourth-order valence-corrected chi connectivity index (χ4v) is 3.03. The number of ether oxygens (including phenoxy) is 2. The highest BCUT2D eigenvalue weighted by Crippen LogP contribution is 2.29. The van der Waals surface area contributed by atoms with Crippen LogP contribution < -0.4 is 14.2 Å². The molecular formula is C13H21NO5S. The molecule has 0 bridgehead atoms. The molecule has 7 heteroatoms. The number of rotatable bonds is 7. The fourth-order valence-electron chi connectivity index (χ4n) is 1.64. The molecule has 1 aromatic rings. The smallest absolute Gasteiger partial charge is 0.241 e. The quantitative estimate of drug-likeness (QED) is 0.785. The van der Waals surface area contributed by atoms with Crippen LogP contribution in [0.25, 0.3) is 0 Å². The second-order valence-electron chi connectivity index (χ2n) is 4.67. The first kappa shape index (κ1) is 16.7. The average molecular weight is 303 g/mol. The maximum atomic E-state index is 12.3. The Balaban J connectivity index is 3.09. The Morgan fingerprint density at radius 1 is 1.20 bits per heavy atom. The van der Waals surface area contributed by atoms with Crippen molar-refractivity contribution in [3.05, 3.63) is 18.2 Å². The van der Waals surface area contributed by atoms with Crippen LogP contribution in [-0.2, 0) is 10.0 Å². The zero-order valence-electron chi connectivity index (χ0n) is 12.1. The minimum Gasteiger partial charge on any atom is -0.493 e. The van der Waals surface area contributed by atoms with Gasteiger partial charge in [-0.05, 0) is 18.1 Å². The van der Waals surface area contributed by atoms with Gasteiger partial charge in [0.2, 0.25) is 10.0 Å². The van der Waals surface area contributed by atoms with Crippen molar-refractivity contribution in [1.29, 1.82) is 0 Å². The molecule has 6 nitrogen and oxygen atoms in total. The molecule has 0 fully saturated rings. The van der Waals surface area contributed by atoms with Gasteiger partial charge in [0, 0.05) is 12.1 Å². The van der Waals surface area contributed by atoms with E-state index in [0.717, 1.165) is 0 Å². The molecule has 0 saturated heterocycles. The van der Waals surface area contributed by atoms with Crippen molar-refractivity contribution in [1.82, 2.24) is 4.72 Å². The molecule has 0 radical (unpaired) electrons. The maximum Gasteiger partial charge on any atom is 0.241 e. The lowest BCUT2D eigenvalue weighted by Gasteiger charge is -2.20. The van der Waals surface area contributed by atoms with E-state index in [1.807, 2.05) is 13.8 Å². The van der Waals surface area contributed by atoms with Crippen molar-refractivity contribution >= 4 is 10.0 Å². The molecule has 1 rings (SSSR count). The number of benzene rings is 1. The van der Waals surface area contributed by atoms with E-state index in [4.69, 9.17) is 9.47 Å². The molecule has 20 heavy (non-hydrogen) atoms. The molecule has 2 N–H and O–H groups in total. The van der Waals surface area contributed by atoms with E-state index < -0.39 is 16.1 Å². The molecular weight excluding hydrogens is 282 g/mol. The minimum atomic E-state index is -3.72. The van der Waals surface area contributed by atoms with Crippen molar-refractivity contribution in [3.63, 3.8) is 0 Å². The fraction of sp³-hybridized carbons (Fsp3) is 0.538. The molecule has 0 aliphatic carbocycles. The van der Waals surface area contributed by atoms with Gasteiger partial charge in [-0.3, -0.25) is 0 Å². The van der Waals surface area contributed by atoms with Gasteiger partial charge in [-0.15, -0.1) is 0 Å². The predicted molar refractivity (Wildman–Crippen MR) is 75.6 cm³/mol. The van der Waals surface area contributed by atoms with Gasteiger partial charge < -0.3 is 14.6 Å². The Hall–Kier alpha value is -1.31. The summed E-state index contributed by atoms with van der Waals surface area (Å²) in [6, 6.07) is 3.80. The third kappa shape index (κ3) is 3.84. The van der Waals surface area contributed by atoms with E-state index in [-0.39, 0.29) is 17.4 Å². The predicted octanol–water partition coefficient (Wildman–Crippen LogP) is 0.999. The lowest BCUT2D eigenvalue weighted by Crippen LogP contribution is -2.41. The van der Waals surface area contributed by atoms with Crippen LogP contribution in [0.3, 0.4) is 0 Å². The first-order chi connectivity index (χ1) is 9.35. The third-order valence-electron chi connectivity index (χ3n) is 2.97. The normalized spacial score (nSPS) is 13.3. The molecule has 1 aromatic carbocycles. The van der Waals surface area contributed by atoms with Crippen LogP contribution in [0.4, 0.5) is 0 Å². The van der Waals surface area contributed by atoms with Crippen molar-refractivity contribution in [2.24, 2.45) is 5.92 Å². The molecule has 1 unspecified atom stereocenters. The summed E-state index contributed by atoms with van der Waals surface area (Å²) >= 11 is 0. The summed E-state index contributed by atoms with van der Waals surface area (Å²) in [6.45, 7) is 3.40. The molecule has 1 atom stereocenters. The summed E-state index contributed by atoms with van der Waals surface area (Å²) in [7, 11) is -0.806. The molecule has 0 saturated carbocycles. The molecule has 0 heterocycles. The zero-order chi connectivity index (χ0) is 15.3. The van der Waals surface area contributed by atoms with Crippen molar-refractivity contribution in [2.75, 3.05) is 20.8 Å². The van der Waals surface area contributed by atoms with Gasteiger partial charge in [0.15, 0.2) is 11.5 Å². The highest BCUT2D eigenvalue weighted by molar-refractivity contribution is 7.89. The largest absolute Gasteiger partial charge is 0.493 e. The summed E-state index contributed by atoms with van der Waals surface area (Å²) in [4.78, 5) is 0.0641. The van der Waals surface area contributed by atoms with Crippen LogP contribution in [0.5, 0.6) is 11.5 Å². The van der Waals surface area contributed by atoms with Crippen LogP contribution >= 0.6 is 0 Å². The average Bonchev–Trinajstić information content (AvgIpc) is 2.43. The van der Waals surface area contributed by atoms with Crippen molar-refractivity contribution < 1.29 is 23.0 Å². The SMILES string of the molecule is COc1ccc(S(=O)(=O)NC(CO)C(C)C)cc1OC. The van der Waals surface area contributed by atoms with E-state index >= 15 is 0 Å². The summed E-state index contributed by atoms with van der Waals surface area (Å²) in [5, 5.41) is 9.22. The van der Waals surface area contributed by atoms with Gasteiger partial charge in [-0.25, -0.2) is 13.1 Å². The Kier molecular flexibility index (Phi) is 5.79.